The number of ether oxygens (including phenoxy) is 6. The maximum atomic E-state index is 13.5. The number of nitrogens with one attached hydrogen (secondary N) is 1. The third kappa shape index (κ3) is 41.0. The normalized spacial score (nSPS) is 26.9. The van der Waals surface area contributed by atoms with Gasteiger partial charge in [0.2, 0.25) is 5.91 Å². The van der Waals surface area contributed by atoms with E-state index in [0.29, 0.717) is 12.8 Å². The molecule has 3 saturated heterocycles. The van der Waals surface area contributed by atoms with Crippen LogP contribution in [0.3, 0.4) is 0 Å². The second-order valence-corrected chi connectivity index (χ2v) is 28.1. The van der Waals surface area contributed by atoms with E-state index < -0.39 is 124 Å². The highest BCUT2D eigenvalue weighted by atomic mass is 16.8. The Morgan fingerprint density at radius 1 is 0.370 bits per heavy atom. The summed E-state index contributed by atoms with van der Waals surface area (Å²) in [6, 6.07) is -1.00. The van der Waals surface area contributed by atoms with Gasteiger partial charge in [-0.25, -0.2) is 0 Å². The van der Waals surface area contributed by atoms with Crippen molar-refractivity contribution in [1.82, 2.24) is 5.32 Å². The number of hydrogen-bond acceptors (Lipinski definition) is 18. The smallest absolute Gasteiger partial charge is 0.220 e. The lowest BCUT2D eigenvalue weighted by Gasteiger charge is -2.48. The molecule has 3 aliphatic heterocycles. The first-order valence-electron chi connectivity index (χ1n) is 39.8. The molecule has 0 aliphatic carbocycles. The van der Waals surface area contributed by atoms with Gasteiger partial charge in [0.1, 0.15) is 73.2 Å². The first-order chi connectivity index (χ1) is 48.8. The van der Waals surface area contributed by atoms with Gasteiger partial charge < -0.3 is 89.9 Å². The summed E-state index contributed by atoms with van der Waals surface area (Å²) in [6.07, 6.45) is 54.3. The zero-order chi connectivity index (χ0) is 72.5. The Labute approximate surface area is 603 Å². The van der Waals surface area contributed by atoms with Gasteiger partial charge in [-0.05, 0) is 83.5 Å². The Morgan fingerprint density at radius 2 is 0.700 bits per heavy atom. The van der Waals surface area contributed by atoms with Crippen LogP contribution in [-0.2, 0) is 33.2 Å². The quantitative estimate of drug-likeness (QED) is 0.0199. The number of aliphatic hydroxyl groups is 11. The fraction of sp³-hybridized carbons (Fsp3) is 0.815. The first-order valence-corrected chi connectivity index (χ1v) is 39.8. The predicted octanol–water partition coefficient (Wildman–Crippen LogP) is 13.0. The SMILES string of the molecule is CC/C=C\C/C=C\C/C=C\C/C=C\CCCCCCCCCCCCCCCCC(=O)NC(COC1OC(CO)C(OC2OC(CO)C(OC3OC(CO)C(O)C(O)C3O)C(O)C2O)C(O)C1O)C(O)/C=C/CC/C=C/CC/C=C/CCCCCCCCCCCCCCCCCCCC. The summed E-state index contributed by atoms with van der Waals surface area (Å²) in [6.45, 7) is 1.62. The number of hydrogen-bond donors (Lipinski definition) is 12. The minimum atomic E-state index is -1.99. The van der Waals surface area contributed by atoms with Gasteiger partial charge >= 0.3 is 0 Å². The summed E-state index contributed by atoms with van der Waals surface area (Å²) in [5, 5.41) is 121. The van der Waals surface area contributed by atoms with Crippen molar-refractivity contribution >= 4 is 5.91 Å². The van der Waals surface area contributed by atoms with Crippen LogP contribution in [0.2, 0.25) is 0 Å². The van der Waals surface area contributed by atoms with E-state index >= 15 is 0 Å². The van der Waals surface area contributed by atoms with E-state index in [9.17, 15) is 61.0 Å². The topological polar surface area (TPSA) is 307 Å². The van der Waals surface area contributed by atoms with Crippen molar-refractivity contribution in [2.24, 2.45) is 0 Å². The molecule has 0 spiro atoms. The summed E-state index contributed by atoms with van der Waals surface area (Å²) >= 11 is 0. The largest absolute Gasteiger partial charge is 0.394 e. The third-order valence-electron chi connectivity index (χ3n) is 19.4. The second-order valence-electron chi connectivity index (χ2n) is 28.1. The molecule has 0 radical (unpaired) electrons. The maximum absolute atomic E-state index is 13.5. The van der Waals surface area contributed by atoms with E-state index in [1.165, 1.54) is 180 Å². The second kappa shape index (κ2) is 61.2. The molecule has 3 heterocycles. The molecule has 3 fully saturated rings. The van der Waals surface area contributed by atoms with Crippen LogP contribution in [0.1, 0.15) is 290 Å². The first kappa shape index (κ1) is 91.2. The Hall–Kier alpha value is -3.03. The molecule has 3 rings (SSSR count). The fourth-order valence-corrected chi connectivity index (χ4v) is 13.0. The van der Waals surface area contributed by atoms with Crippen molar-refractivity contribution in [3.63, 3.8) is 0 Å². The lowest BCUT2D eigenvalue weighted by molar-refractivity contribution is -0.379. The van der Waals surface area contributed by atoms with Crippen LogP contribution in [0.15, 0.2) is 85.1 Å². The molecule has 19 nitrogen and oxygen atoms in total. The number of unbranched alkanes of at least 4 members (excludes halogenated alkanes) is 34. The predicted molar refractivity (Wildman–Crippen MR) is 397 cm³/mol. The molecule has 12 N–H and O–H groups in total. The lowest BCUT2D eigenvalue weighted by Crippen LogP contribution is -2.66. The van der Waals surface area contributed by atoms with E-state index in [2.05, 4.69) is 92.1 Å². The van der Waals surface area contributed by atoms with Crippen molar-refractivity contribution < 1.29 is 89.4 Å². The molecule has 19 heteroatoms. The monoisotopic (exact) mass is 1420 g/mol. The molecule has 17 atom stereocenters. The van der Waals surface area contributed by atoms with Gasteiger partial charge in [-0.2, -0.15) is 0 Å². The molecular weight excluding hydrogens is 1270 g/mol. The molecule has 580 valence electrons. The molecule has 100 heavy (non-hydrogen) atoms. The summed E-state index contributed by atoms with van der Waals surface area (Å²) < 4.78 is 34.4. The summed E-state index contributed by atoms with van der Waals surface area (Å²) in [7, 11) is 0. The Bertz CT molecular complexity index is 2140. The van der Waals surface area contributed by atoms with Gasteiger partial charge in [0.25, 0.3) is 0 Å². The van der Waals surface area contributed by atoms with Gasteiger partial charge in [-0.3, -0.25) is 4.79 Å². The van der Waals surface area contributed by atoms with Crippen molar-refractivity contribution in [2.75, 3.05) is 26.4 Å². The summed E-state index contributed by atoms with van der Waals surface area (Å²) in [5.41, 5.74) is 0. The van der Waals surface area contributed by atoms with Crippen molar-refractivity contribution in [1.29, 1.82) is 0 Å². The van der Waals surface area contributed by atoms with E-state index in [-0.39, 0.29) is 18.9 Å². The molecule has 17 unspecified atom stereocenters. The van der Waals surface area contributed by atoms with Gasteiger partial charge in [-0.15, -0.1) is 0 Å². The summed E-state index contributed by atoms with van der Waals surface area (Å²) in [5.74, 6) is -0.290. The molecule has 3 aliphatic rings. The highest BCUT2D eigenvalue weighted by molar-refractivity contribution is 5.76. The summed E-state index contributed by atoms with van der Waals surface area (Å²) in [4.78, 5) is 13.5. The van der Waals surface area contributed by atoms with Crippen LogP contribution in [0, 0.1) is 0 Å². The van der Waals surface area contributed by atoms with Gasteiger partial charge in [0.15, 0.2) is 18.9 Å². The van der Waals surface area contributed by atoms with Crippen molar-refractivity contribution in [2.45, 2.75) is 394 Å². The molecule has 0 saturated carbocycles. The average molecular weight is 1420 g/mol. The van der Waals surface area contributed by atoms with E-state index in [1.54, 1.807) is 6.08 Å². The third-order valence-corrected chi connectivity index (χ3v) is 19.4. The number of allylic oxidation sites excluding steroid dienone is 13. The number of amides is 1. The molecule has 0 aromatic rings. The zero-order valence-corrected chi connectivity index (χ0v) is 61.9. The Morgan fingerprint density at radius 3 is 1.12 bits per heavy atom. The average Bonchev–Trinajstić information content (AvgIpc) is 0.783. The number of aliphatic hydroxyl groups excluding tert-OH is 11. The number of rotatable bonds is 62. The van der Waals surface area contributed by atoms with Crippen LogP contribution in [0.4, 0.5) is 0 Å². The number of carbonyl (C=O) groups excluding carboxylic acids is 1. The van der Waals surface area contributed by atoms with Crippen LogP contribution in [0.5, 0.6) is 0 Å². The van der Waals surface area contributed by atoms with Crippen molar-refractivity contribution in [3.05, 3.63) is 85.1 Å². The van der Waals surface area contributed by atoms with Crippen LogP contribution in [-0.4, -0.2) is 193 Å². The molecule has 0 bridgehead atoms. The van der Waals surface area contributed by atoms with Gasteiger partial charge in [0, 0.05) is 6.42 Å². The lowest BCUT2D eigenvalue weighted by atomic mass is 9.96. The minimum Gasteiger partial charge on any atom is -0.394 e. The van der Waals surface area contributed by atoms with E-state index in [4.69, 9.17) is 28.4 Å². The number of carbonyl (C=O) groups is 1. The van der Waals surface area contributed by atoms with E-state index in [1.807, 2.05) is 6.08 Å². The van der Waals surface area contributed by atoms with Crippen LogP contribution in [0.25, 0.3) is 0 Å². The molecular formula is C81H143NO18. The molecule has 0 aromatic heterocycles. The molecule has 0 aromatic carbocycles. The Balaban J connectivity index is 1.40. The van der Waals surface area contributed by atoms with Gasteiger partial charge in [0.05, 0.1) is 38.6 Å². The van der Waals surface area contributed by atoms with E-state index in [0.717, 1.165) is 77.0 Å². The van der Waals surface area contributed by atoms with Gasteiger partial charge in [-0.1, -0.05) is 285 Å². The zero-order valence-electron chi connectivity index (χ0n) is 61.9. The Kier molecular flexibility index (Phi) is 55.8. The van der Waals surface area contributed by atoms with Crippen LogP contribution >= 0.6 is 0 Å². The fourth-order valence-electron chi connectivity index (χ4n) is 13.0. The maximum Gasteiger partial charge on any atom is 0.220 e. The standard InChI is InChI=1S/C81H143NO18/c1-3-5-7-9-11-13-15-17-19-21-23-25-27-29-31-33-34-36-38-40-42-44-46-48-50-52-54-56-58-65(86)64(82-69(87)59-57-55-53-51-49-47-45-43-41-39-37-35-32-30-28-26-24-22-20-18-16-14-12-10-8-6-4-2)63-95-79-75(93)72(90)77(67(61-84)97-79)100-81-76(94)73(91)78(68(62-85)98-81)99-80-74(92)71(89)70(88)66(60-83)96-80/h6,8,12,14,18,20,24,26,40,42,48,50,56,58,64-68,70-81,83-86,88-94H,3-5,7,9-11,13,15-17,19,21-23,25,27-39,41,43-47,49,51-55,57,59-63H2,1-2H3,(H,82,87)/b8-6-,14-12-,20-18-,26-24-,42-40+,50-48+,58-56+. The highest BCUT2D eigenvalue weighted by Crippen LogP contribution is 2.33. The van der Waals surface area contributed by atoms with Crippen molar-refractivity contribution in [3.8, 4) is 0 Å². The minimum absolute atomic E-state index is 0.228. The highest BCUT2D eigenvalue weighted by Gasteiger charge is 2.53. The van der Waals surface area contributed by atoms with Crippen LogP contribution < -0.4 is 5.32 Å². The molecule has 1 amide bonds.